The van der Waals surface area contributed by atoms with Crippen molar-refractivity contribution in [3.8, 4) is 11.3 Å². The molecule has 0 radical (unpaired) electrons. The molecule has 0 atom stereocenters. The number of ketones is 1. The molecule has 0 N–H and O–H groups in total. The Morgan fingerprint density at radius 2 is 1.96 bits per heavy atom. The second-order valence-corrected chi connectivity index (χ2v) is 7.63. The number of aryl methyl sites for hydroxylation is 1. The van der Waals surface area contributed by atoms with Crippen molar-refractivity contribution in [2.45, 2.75) is 31.9 Å². The highest BCUT2D eigenvalue weighted by Gasteiger charge is 2.40. The number of rotatable bonds is 5. The topological polar surface area (TPSA) is 51.0 Å². The van der Waals surface area contributed by atoms with E-state index in [0.29, 0.717) is 18.8 Å². The predicted octanol–water partition coefficient (Wildman–Crippen LogP) is 3.57. The van der Waals surface area contributed by atoms with Gasteiger partial charge in [-0.05, 0) is 24.1 Å². The smallest absolute Gasteiger partial charge is 0.175 e. The number of fused-ring (bicyclic) bond motifs is 1. The van der Waals surface area contributed by atoms with E-state index in [-0.39, 0.29) is 25.0 Å². The Labute approximate surface area is 164 Å². The van der Waals surface area contributed by atoms with E-state index in [4.69, 9.17) is 0 Å². The molecular formula is C22H25FN4O. The molecule has 4 rings (SSSR count). The number of carbonyl (C=O) groups excluding carboxylic acids is 1. The summed E-state index contributed by atoms with van der Waals surface area (Å²) in [7, 11) is 1.95. The molecule has 1 aliphatic heterocycles. The van der Waals surface area contributed by atoms with Gasteiger partial charge in [0.25, 0.3) is 0 Å². The van der Waals surface area contributed by atoms with Gasteiger partial charge in [-0.1, -0.05) is 19.1 Å². The van der Waals surface area contributed by atoms with Crippen LogP contribution in [0.3, 0.4) is 0 Å². The van der Waals surface area contributed by atoms with Crippen molar-refractivity contribution in [3.05, 3.63) is 48.7 Å². The van der Waals surface area contributed by atoms with Gasteiger partial charge in [0, 0.05) is 55.8 Å². The van der Waals surface area contributed by atoms with Crippen LogP contribution in [-0.2, 0) is 18.3 Å². The maximum atomic E-state index is 15.2. The largest absolute Gasteiger partial charge is 0.334 e. The number of hydrogen-bond donors (Lipinski definition) is 0. The van der Waals surface area contributed by atoms with Crippen LogP contribution >= 0.6 is 0 Å². The second-order valence-electron chi connectivity index (χ2n) is 7.63. The Balaban J connectivity index is 1.56. The molecule has 0 amide bonds. The number of piperidine rings is 1. The van der Waals surface area contributed by atoms with Crippen LogP contribution in [0.15, 0.2) is 43.0 Å². The van der Waals surface area contributed by atoms with E-state index in [1.54, 1.807) is 12.5 Å². The normalized spacial score (nSPS) is 17.1. The van der Waals surface area contributed by atoms with Gasteiger partial charge in [-0.25, -0.2) is 9.37 Å². The number of Topliss-reactive ketones (excluding diaryl/α,β-unsaturated/α-hetero) is 1. The number of carbonyl (C=O) groups is 1. The number of hydrogen-bond acceptors (Lipinski definition) is 4. The third kappa shape index (κ3) is 3.56. The summed E-state index contributed by atoms with van der Waals surface area (Å²) in [5, 5.41) is 1.98. The lowest BCUT2D eigenvalue weighted by atomic mass is 9.87. The van der Waals surface area contributed by atoms with E-state index in [2.05, 4.69) is 27.9 Å². The molecule has 0 saturated carbocycles. The molecule has 1 saturated heterocycles. The van der Waals surface area contributed by atoms with Crippen LogP contribution < -0.4 is 0 Å². The van der Waals surface area contributed by atoms with Crippen LogP contribution in [0.5, 0.6) is 0 Å². The fourth-order valence-corrected chi connectivity index (χ4v) is 3.90. The minimum atomic E-state index is -1.72. The number of halogens is 1. The molecule has 0 aliphatic carbocycles. The number of likely N-dealkylation sites (tertiary alicyclic amines) is 1. The zero-order valence-electron chi connectivity index (χ0n) is 16.4. The van der Waals surface area contributed by atoms with Crippen molar-refractivity contribution in [3.63, 3.8) is 0 Å². The van der Waals surface area contributed by atoms with Crippen LogP contribution in [0.4, 0.5) is 4.39 Å². The molecule has 0 bridgehead atoms. The van der Waals surface area contributed by atoms with E-state index in [1.165, 1.54) is 0 Å². The average Bonchev–Trinajstić information content (AvgIpc) is 3.14. The van der Waals surface area contributed by atoms with Crippen LogP contribution in [-0.4, -0.2) is 50.5 Å². The highest BCUT2D eigenvalue weighted by molar-refractivity contribution is 5.91. The Morgan fingerprint density at radius 1 is 1.18 bits per heavy atom. The summed E-state index contributed by atoms with van der Waals surface area (Å²) in [6.45, 7) is 4.23. The lowest BCUT2D eigenvalue weighted by molar-refractivity contribution is -0.133. The van der Waals surface area contributed by atoms with Crippen molar-refractivity contribution in [2.24, 2.45) is 7.05 Å². The van der Waals surface area contributed by atoms with Crippen LogP contribution in [0, 0.1) is 0 Å². The molecular weight excluding hydrogens is 355 g/mol. The molecule has 1 aromatic carbocycles. The SMILES string of the molecule is CCN1CCC(F)(C(=O)Cc2cc3cc(-c4cncn4C)ccc3cn2)CC1. The molecule has 3 aromatic rings. The summed E-state index contributed by atoms with van der Waals surface area (Å²) >= 11 is 0. The Hall–Kier alpha value is -2.60. The minimum Gasteiger partial charge on any atom is -0.334 e. The monoisotopic (exact) mass is 380 g/mol. The van der Waals surface area contributed by atoms with Gasteiger partial charge in [0.2, 0.25) is 0 Å². The van der Waals surface area contributed by atoms with Crippen LogP contribution in [0.2, 0.25) is 0 Å². The van der Waals surface area contributed by atoms with Gasteiger partial charge in [0.05, 0.1) is 24.6 Å². The number of pyridine rings is 1. The van der Waals surface area contributed by atoms with Crippen molar-refractivity contribution < 1.29 is 9.18 Å². The molecule has 0 spiro atoms. The van der Waals surface area contributed by atoms with E-state index in [9.17, 15) is 4.79 Å². The highest BCUT2D eigenvalue weighted by Crippen LogP contribution is 2.29. The Bertz CT molecular complexity index is 1000. The average molecular weight is 380 g/mol. The maximum absolute atomic E-state index is 15.2. The molecule has 1 aliphatic rings. The first-order valence-electron chi connectivity index (χ1n) is 9.78. The van der Waals surface area contributed by atoms with E-state index in [0.717, 1.165) is 28.6 Å². The summed E-state index contributed by atoms with van der Waals surface area (Å²) in [5.41, 5.74) is 0.958. The van der Waals surface area contributed by atoms with Gasteiger partial charge in [-0.2, -0.15) is 0 Å². The maximum Gasteiger partial charge on any atom is 0.175 e. The van der Waals surface area contributed by atoms with Gasteiger partial charge in [0.1, 0.15) is 0 Å². The summed E-state index contributed by atoms with van der Waals surface area (Å²) in [6.07, 6.45) is 5.93. The Morgan fingerprint density at radius 3 is 2.64 bits per heavy atom. The summed E-state index contributed by atoms with van der Waals surface area (Å²) in [5.74, 6) is -0.349. The number of nitrogens with zero attached hydrogens (tertiary/aromatic N) is 4. The van der Waals surface area contributed by atoms with Crippen LogP contribution in [0.1, 0.15) is 25.5 Å². The van der Waals surface area contributed by atoms with Crippen LogP contribution in [0.25, 0.3) is 22.0 Å². The lowest BCUT2D eigenvalue weighted by Crippen LogP contribution is -2.47. The number of aromatic nitrogens is 3. The standard InChI is InChI=1S/C22H25FN4O/c1-3-27-8-6-22(23,7-9-27)21(28)12-19-11-18-10-16(4-5-17(18)13-25-19)20-14-24-15-26(20)2/h4-5,10-11,13-15H,3,6-9,12H2,1-2H3. The molecule has 0 unspecified atom stereocenters. The minimum absolute atomic E-state index is 0.0362. The van der Waals surface area contributed by atoms with Crippen molar-refractivity contribution in [1.29, 1.82) is 0 Å². The highest BCUT2D eigenvalue weighted by atomic mass is 19.1. The van der Waals surface area contributed by atoms with E-state index < -0.39 is 5.67 Å². The predicted molar refractivity (Wildman–Crippen MR) is 108 cm³/mol. The molecule has 2 aromatic heterocycles. The Kier molecular flexibility index (Phi) is 4.98. The first-order valence-corrected chi connectivity index (χ1v) is 9.78. The fraction of sp³-hybridized carbons (Fsp3) is 0.409. The first-order chi connectivity index (χ1) is 13.5. The van der Waals surface area contributed by atoms with Gasteiger partial charge < -0.3 is 9.47 Å². The summed E-state index contributed by atoms with van der Waals surface area (Å²) in [6, 6.07) is 8.00. The molecule has 3 heterocycles. The number of imidazole rings is 1. The molecule has 5 nitrogen and oxygen atoms in total. The molecule has 146 valence electrons. The first kappa shape index (κ1) is 18.7. The van der Waals surface area contributed by atoms with Gasteiger partial charge in [0.15, 0.2) is 11.5 Å². The number of benzene rings is 1. The third-order valence-electron chi connectivity index (χ3n) is 5.83. The molecule has 28 heavy (non-hydrogen) atoms. The number of alkyl halides is 1. The zero-order valence-corrected chi connectivity index (χ0v) is 16.4. The zero-order chi connectivity index (χ0) is 19.7. The molecule has 6 heteroatoms. The fourth-order valence-electron chi connectivity index (χ4n) is 3.90. The lowest BCUT2D eigenvalue weighted by Gasteiger charge is -2.34. The summed E-state index contributed by atoms with van der Waals surface area (Å²) < 4.78 is 17.1. The second kappa shape index (κ2) is 7.43. The van der Waals surface area contributed by atoms with Gasteiger partial charge in [-0.15, -0.1) is 0 Å². The van der Waals surface area contributed by atoms with Crippen molar-refractivity contribution in [2.75, 3.05) is 19.6 Å². The van der Waals surface area contributed by atoms with Crippen molar-refractivity contribution >= 4 is 16.6 Å². The van der Waals surface area contributed by atoms with E-state index in [1.807, 2.05) is 36.0 Å². The van der Waals surface area contributed by atoms with E-state index >= 15 is 4.39 Å². The van der Waals surface area contributed by atoms with Gasteiger partial charge >= 0.3 is 0 Å². The molecule has 1 fully saturated rings. The quantitative estimate of drug-likeness (QED) is 0.679. The van der Waals surface area contributed by atoms with Gasteiger partial charge in [-0.3, -0.25) is 9.78 Å². The summed E-state index contributed by atoms with van der Waals surface area (Å²) in [4.78, 5) is 23.4. The van der Waals surface area contributed by atoms with Crippen molar-refractivity contribution in [1.82, 2.24) is 19.4 Å². The third-order valence-corrected chi connectivity index (χ3v) is 5.83.